The standard InChI is InChI=1S/C12H11N5O2/c1-6-5-13-7(2)11(14-6)9-3-8-4-10(18)15-12(19)17(8)16-9/h3-5,16H,1-2H3,(H,15,18,19). The highest BCUT2D eigenvalue weighted by Gasteiger charge is 2.10. The van der Waals surface area contributed by atoms with Gasteiger partial charge in [-0.05, 0) is 19.9 Å². The van der Waals surface area contributed by atoms with Gasteiger partial charge in [0.1, 0.15) is 5.69 Å². The molecule has 2 N–H and O–H groups in total. The van der Waals surface area contributed by atoms with Crippen LogP contribution < -0.4 is 11.2 Å². The van der Waals surface area contributed by atoms with Crippen molar-refractivity contribution in [2.75, 3.05) is 0 Å². The fraction of sp³-hybridized carbons (Fsp3) is 0.167. The second-order valence-corrected chi connectivity index (χ2v) is 4.31. The van der Waals surface area contributed by atoms with E-state index in [1.54, 1.807) is 12.3 Å². The molecule has 96 valence electrons. The molecular formula is C12H11N5O2. The molecule has 0 atom stereocenters. The highest BCUT2D eigenvalue weighted by molar-refractivity contribution is 5.64. The Bertz CT molecular complexity index is 887. The number of fused-ring (bicyclic) bond motifs is 1. The molecule has 0 aliphatic heterocycles. The molecule has 0 fully saturated rings. The topological polar surface area (TPSA) is 95.9 Å². The zero-order chi connectivity index (χ0) is 13.6. The van der Waals surface area contributed by atoms with Crippen LogP contribution in [0.25, 0.3) is 16.9 Å². The molecule has 0 aliphatic carbocycles. The van der Waals surface area contributed by atoms with Gasteiger partial charge in [-0.25, -0.2) is 14.3 Å². The van der Waals surface area contributed by atoms with Crippen LogP contribution in [0.3, 0.4) is 0 Å². The minimum absolute atomic E-state index is 0.428. The first-order chi connectivity index (χ1) is 9.04. The van der Waals surface area contributed by atoms with E-state index in [9.17, 15) is 9.59 Å². The number of aromatic amines is 2. The van der Waals surface area contributed by atoms with Gasteiger partial charge in [0.25, 0.3) is 5.56 Å². The number of rotatable bonds is 1. The average molecular weight is 257 g/mol. The normalized spacial score (nSPS) is 11.1. The summed E-state index contributed by atoms with van der Waals surface area (Å²) in [4.78, 5) is 33.7. The largest absolute Gasteiger partial charge is 0.347 e. The molecule has 0 unspecified atom stereocenters. The van der Waals surface area contributed by atoms with Crippen LogP contribution in [-0.4, -0.2) is 24.6 Å². The van der Waals surface area contributed by atoms with E-state index >= 15 is 0 Å². The summed E-state index contributed by atoms with van der Waals surface area (Å²) >= 11 is 0. The van der Waals surface area contributed by atoms with Crippen molar-refractivity contribution in [3.63, 3.8) is 0 Å². The minimum atomic E-state index is -0.507. The van der Waals surface area contributed by atoms with E-state index in [0.29, 0.717) is 16.9 Å². The Hall–Kier alpha value is -2.70. The first-order valence-electron chi connectivity index (χ1n) is 5.70. The van der Waals surface area contributed by atoms with Crippen LogP contribution in [0.2, 0.25) is 0 Å². The summed E-state index contributed by atoms with van der Waals surface area (Å²) in [5, 5.41) is 2.91. The van der Waals surface area contributed by atoms with Gasteiger partial charge in [-0.1, -0.05) is 0 Å². The molecule has 0 aliphatic rings. The van der Waals surface area contributed by atoms with E-state index in [4.69, 9.17) is 0 Å². The summed E-state index contributed by atoms with van der Waals surface area (Å²) in [6, 6.07) is 3.05. The lowest BCUT2D eigenvalue weighted by molar-refractivity contribution is 0.857. The van der Waals surface area contributed by atoms with Crippen LogP contribution in [0.15, 0.2) is 27.9 Å². The fourth-order valence-corrected chi connectivity index (χ4v) is 1.95. The number of H-pyrrole nitrogens is 2. The van der Waals surface area contributed by atoms with E-state index < -0.39 is 11.2 Å². The number of aromatic nitrogens is 5. The predicted octanol–water partition coefficient (Wildman–Crippen LogP) is 0.390. The summed E-state index contributed by atoms with van der Waals surface area (Å²) in [5.41, 5.74) is 2.39. The Kier molecular flexibility index (Phi) is 2.34. The van der Waals surface area contributed by atoms with Crippen LogP contribution in [0, 0.1) is 13.8 Å². The van der Waals surface area contributed by atoms with Crippen molar-refractivity contribution in [3.05, 3.63) is 50.6 Å². The Labute approximate surface area is 107 Å². The molecule has 0 radical (unpaired) electrons. The molecule has 3 rings (SSSR count). The fourth-order valence-electron chi connectivity index (χ4n) is 1.95. The highest BCUT2D eigenvalue weighted by Crippen LogP contribution is 2.18. The summed E-state index contributed by atoms with van der Waals surface area (Å²) < 4.78 is 1.26. The molecule has 7 nitrogen and oxygen atoms in total. The Morgan fingerprint density at radius 2 is 2.00 bits per heavy atom. The van der Waals surface area contributed by atoms with Gasteiger partial charge >= 0.3 is 5.69 Å². The third-order valence-corrected chi connectivity index (χ3v) is 2.83. The van der Waals surface area contributed by atoms with Crippen molar-refractivity contribution in [1.82, 2.24) is 24.6 Å². The maximum atomic E-state index is 11.6. The van der Waals surface area contributed by atoms with Gasteiger partial charge in [0.2, 0.25) is 0 Å². The smallest absolute Gasteiger partial charge is 0.288 e. The number of nitrogens with zero attached hydrogens (tertiary/aromatic N) is 3. The molecular weight excluding hydrogens is 246 g/mol. The van der Waals surface area contributed by atoms with Crippen molar-refractivity contribution in [2.24, 2.45) is 0 Å². The lowest BCUT2D eigenvalue weighted by Gasteiger charge is -2.01. The third-order valence-electron chi connectivity index (χ3n) is 2.83. The zero-order valence-corrected chi connectivity index (χ0v) is 10.4. The Balaban J connectivity index is 2.32. The van der Waals surface area contributed by atoms with E-state index in [1.807, 2.05) is 13.8 Å². The van der Waals surface area contributed by atoms with Crippen LogP contribution >= 0.6 is 0 Å². The lowest BCUT2D eigenvalue weighted by atomic mass is 10.2. The number of aryl methyl sites for hydroxylation is 2. The third kappa shape index (κ3) is 1.85. The maximum Gasteiger partial charge on any atom is 0.347 e. The second kappa shape index (κ2) is 3.91. The predicted molar refractivity (Wildman–Crippen MR) is 69.1 cm³/mol. The van der Waals surface area contributed by atoms with Crippen molar-refractivity contribution in [1.29, 1.82) is 0 Å². The second-order valence-electron chi connectivity index (χ2n) is 4.31. The SMILES string of the molecule is Cc1cnc(C)c(-c2cc3cc(=O)[nH]c(=O)n3[nH]2)n1. The molecule has 0 saturated heterocycles. The Morgan fingerprint density at radius 3 is 2.79 bits per heavy atom. The molecule has 0 amide bonds. The molecule has 3 aromatic rings. The van der Waals surface area contributed by atoms with Gasteiger partial charge in [-0.3, -0.25) is 19.9 Å². The van der Waals surface area contributed by atoms with E-state index in [1.165, 1.54) is 10.6 Å². The molecule has 0 spiro atoms. The van der Waals surface area contributed by atoms with Gasteiger partial charge in [0, 0.05) is 12.3 Å². The zero-order valence-electron chi connectivity index (χ0n) is 10.4. The molecule has 19 heavy (non-hydrogen) atoms. The molecule has 7 heteroatoms. The summed E-state index contributed by atoms with van der Waals surface area (Å²) in [6.07, 6.45) is 1.68. The maximum absolute atomic E-state index is 11.6. The first kappa shape index (κ1) is 11.4. The van der Waals surface area contributed by atoms with Crippen molar-refractivity contribution in [2.45, 2.75) is 13.8 Å². The van der Waals surface area contributed by atoms with Crippen molar-refractivity contribution in [3.8, 4) is 11.4 Å². The van der Waals surface area contributed by atoms with Crippen molar-refractivity contribution < 1.29 is 0 Å². The summed E-state index contributed by atoms with van der Waals surface area (Å²) in [5.74, 6) is 0. The molecule has 3 heterocycles. The molecule has 3 aromatic heterocycles. The average Bonchev–Trinajstić information content (AvgIpc) is 2.76. The molecule has 0 aromatic carbocycles. The minimum Gasteiger partial charge on any atom is -0.288 e. The van der Waals surface area contributed by atoms with Gasteiger partial charge in [-0.15, -0.1) is 0 Å². The number of hydrogen-bond donors (Lipinski definition) is 2. The number of hydrogen-bond acceptors (Lipinski definition) is 4. The Morgan fingerprint density at radius 1 is 1.21 bits per heavy atom. The molecule has 0 bridgehead atoms. The monoisotopic (exact) mass is 257 g/mol. The van der Waals surface area contributed by atoms with Crippen LogP contribution in [-0.2, 0) is 0 Å². The van der Waals surface area contributed by atoms with E-state index in [-0.39, 0.29) is 0 Å². The van der Waals surface area contributed by atoms with E-state index in [0.717, 1.165) is 11.4 Å². The molecule has 0 saturated carbocycles. The number of nitrogens with one attached hydrogen (secondary N) is 2. The van der Waals surface area contributed by atoms with Gasteiger partial charge < -0.3 is 0 Å². The van der Waals surface area contributed by atoms with Gasteiger partial charge in [-0.2, -0.15) is 0 Å². The lowest BCUT2D eigenvalue weighted by Crippen LogP contribution is -2.25. The van der Waals surface area contributed by atoms with Crippen LogP contribution in [0.5, 0.6) is 0 Å². The first-order valence-corrected chi connectivity index (χ1v) is 5.70. The van der Waals surface area contributed by atoms with Crippen LogP contribution in [0.4, 0.5) is 0 Å². The van der Waals surface area contributed by atoms with Gasteiger partial charge in [0.05, 0.1) is 22.6 Å². The van der Waals surface area contributed by atoms with Crippen molar-refractivity contribution >= 4 is 5.52 Å². The van der Waals surface area contributed by atoms with E-state index in [2.05, 4.69) is 20.1 Å². The highest BCUT2D eigenvalue weighted by atomic mass is 16.2. The summed E-state index contributed by atoms with van der Waals surface area (Å²) in [7, 11) is 0. The quantitative estimate of drug-likeness (QED) is 0.659. The summed E-state index contributed by atoms with van der Waals surface area (Å²) in [6.45, 7) is 3.68. The van der Waals surface area contributed by atoms with Crippen LogP contribution in [0.1, 0.15) is 11.4 Å². The van der Waals surface area contributed by atoms with Gasteiger partial charge in [0.15, 0.2) is 0 Å².